The predicted octanol–water partition coefficient (Wildman–Crippen LogP) is 1.44. The second-order valence-corrected chi connectivity index (χ2v) is 8.16. The van der Waals surface area contributed by atoms with Crippen LogP contribution in [-0.2, 0) is 0 Å². The molecule has 2 aliphatic rings. The van der Waals surface area contributed by atoms with Gasteiger partial charge in [-0.1, -0.05) is 0 Å². The van der Waals surface area contributed by atoms with Crippen molar-refractivity contribution in [3.63, 3.8) is 0 Å². The van der Waals surface area contributed by atoms with Crippen molar-refractivity contribution in [2.45, 2.75) is 37.5 Å². The standard InChI is InChI=1S/C21H25FN8O2/c1-23-18-9-17(26-15-5-3-7-29(21(15)32)12-4-2-6-24-10-12)28-19-13(11-25-30(18)19)20(31)27-16-8-14(16)22/h3,5,7,9,11-12,14,16,23-24H,2,4,6,8,10H2,1H3,(H,26,28)(H,27,31)/t12-,14-,16+/m0/s1. The van der Waals surface area contributed by atoms with Crippen molar-refractivity contribution in [3.05, 3.63) is 46.5 Å². The Balaban J connectivity index is 1.47. The van der Waals surface area contributed by atoms with Crippen molar-refractivity contribution in [2.24, 2.45) is 0 Å². The van der Waals surface area contributed by atoms with Gasteiger partial charge in [-0.3, -0.25) is 9.59 Å². The molecule has 4 N–H and O–H groups in total. The predicted molar refractivity (Wildman–Crippen MR) is 118 cm³/mol. The molecule has 3 aromatic heterocycles. The van der Waals surface area contributed by atoms with Crippen LogP contribution in [0.15, 0.2) is 35.4 Å². The maximum atomic E-state index is 13.2. The maximum absolute atomic E-state index is 13.2. The summed E-state index contributed by atoms with van der Waals surface area (Å²) in [6, 6.07) is 4.89. The fourth-order valence-corrected chi connectivity index (χ4v) is 4.03. The lowest BCUT2D eigenvalue weighted by Gasteiger charge is -2.25. The molecule has 0 aromatic carbocycles. The fraction of sp³-hybridized carbons (Fsp3) is 0.429. The second kappa shape index (κ2) is 8.23. The third-order valence-electron chi connectivity index (χ3n) is 5.90. The van der Waals surface area contributed by atoms with Gasteiger partial charge >= 0.3 is 0 Å². The van der Waals surface area contributed by atoms with Crippen LogP contribution in [0.4, 0.5) is 21.7 Å². The number of halogens is 1. The number of pyridine rings is 1. The van der Waals surface area contributed by atoms with Gasteiger partial charge in [0, 0.05) is 38.3 Å². The first-order valence-electron chi connectivity index (χ1n) is 10.8. The molecule has 3 atom stereocenters. The molecular formula is C21H25FN8O2. The molecule has 1 amide bonds. The van der Waals surface area contributed by atoms with Crippen molar-refractivity contribution in [1.29, 1.82) is 0 Å². The van der Waals surface area contributed by atoms with Gasteiger partial charge in [-0.2, -0.15) is 9.61 Å². The lowest BCUT2D eigenvalue weighted by atomic mass is 10.1. The Morgan fingerprint density at radius 3 is 2.94 bits per heavy atom. The Bertz CT molecular complexity index is 1220. The molecule has 1 aliphatic heterocycles. The molecule has 0 radical (unpaired) electrons. The molecule has 1 saturated carbocycles. The SMILES string of the molecule is CNc1cc(Nc2cccn([C@H]3CCCNC3)c2=O)nc2c(C(=O)N[C@@H]3C[C@@H]3F)cnn12. The second-order valence-electron chi connectivity index (χ2n) is 8.16. The van der Waals surface area contributed by atoms with Gasteiger partial charge in [-0.25, -0.2) is 9.37 Å². The number of carbonyl (C=O) groups is 1. The molecule has 10 nitrogen and oxygen atoms in total. The van der Waals surface area contributed by atoms with E-state index in [1.165, 1.54) is 10.7 Å². The van der Waals surface area contributed by atoms with Crippen molar-refractivity contribution in [3.8, 4) is 0 Å². The van der Waals surface area contributed by atoms with E-state index in [4.69, 9.17) is 0 Å². The van der Waals surface area contributed by atoms with E-state index in [9.17, 15) is 14.0 Å². The van der Waals surface area contributed by atoms with Crippen LogP contribution in [0.2, 0.25) is 0 Å². The van der Waals surface area contributed by atoms with Crippen LogP contribution in [0.1, 0.15) is 35.7 Å². The monoisotopic (exact) mass is 440 g/mol. The van der Waals surface area contributed by atoms with Crippen molar-refractivity contribution in [2.75, 3.05) is 30.8 Å². The minimum absolute atomic E-state index is 0.105. The molecule has 0 unspecified atom stereocenters. The first-order chi connectivity index (χ1) is 15.5. The van der Waals surface area contributed by atoms with E-state index < -0.39 is 18.1 Å². The zero-order valence-electron chi connectivity index (χ0n) is 17.6. The van der Waals surface area contributed by atoms with Gasteiger partial charge in [0.1, 0.15) is 29.1 Å². The zero-order chi connectivity index (χ0) is 22.2. The molecule has 168 valence electrons. The van der Waals surface area contributed by atoms with Crippen LogP contribution in [0.5, 0.6) is 0 Å². The van der Waals surface area contributed by atoms with Gasteiger partial charge in [0.15, 0.2) is 5.65 Å². The van der Waals surface area contributed by atoms with E-state index >= 15 is 0 Å². The molecule has 0 bridgehead atoms. The molecule has 0 spiro atoms. The van der Waals surface area contributed by atoms with Crippen LogP contribution in [0.25, 0.3) is 5.65 Å². The lowest BCUT2D eigenvalue weighted by Crippen LogP contribution is -2.36. The number of amides is 1. The Kier molecular flexibility index (Phi) is 5.25. The van der Waals surface area contributed by atoms with E-state index in [1.54, 1.807) is 29.9 Å². The topological polar surface area (TPSA) is 117 Å². The number of fused-ring (bicyclic) bond motifs is 1. The van der Waals surface area contributed by atoms with E-state index in [-0.39, 0.29) is 17.2 Å². The molecule has 5 rings (SSSR count). The van der Waals surface area contributed by atoms with Gasteiger partial charge in [0.2, 0.25) is 0 Å². The van der Waals surface area contributed by atoms with Gasteiger partial charge in [0.25, 0.3) is 11.5 Å². The fourth-order valence-electron chi connectivity index (χ4n) is 4.03. The summed E-state index contributed by atoms with van der Waals surface area (Å²) >= 11 is 0. The summed E-state index contributed by atoms with van der Waals surface area (Å²) in [5.41, 5.74) is 0.799. The highest BCUT2D eigenvalue weighted by Crippen LogP contribution is 2.26. The normalized spacial score (nSPS) is 22.5. The van der Waals surface area contributed by atoms with Gasteiger partial charge in [-0.05, 0) is 31.5 Å². The minimum Gasteiger partial charge on any atom is -0.373 e. The number of hydrogen-bond acceptors (Lipinski definition) is 7. The number of alkyl halides is 1. The van der Waals surface area contributed by atoms with Crippen LogP contribution in [-0.4, -0.2) is 57.4 Å². The van der Waals surface area contributed by atoms with Crippen LogP contribution >= 0.6 is 0 Å². The summed E-state index contributed by atoms with van der Waals surface area (Å²) < 4.78 is 16.5. The van der Waals surface area contributed by atoms with Crippen LogP contribution in [0, 0.1) is 0 Å². The molecule has 1 saturated heterocycles. The van der Waals surface area contributed by atoms with E-state index in [2.05, 4.69) is 31.3 Å². The summed E-state index contributed by atoms with van der Waals surface area (Å²) in [7, 11) is 1.73. The maximum Gasteiger partial charge on any atom is 0.274 e. The van der Waals surface area contributed by atoms with Gasteiger partial charge < -0.3 is 25.8 Å². The highest BCUT2D eigenvalue weighted by Gasteiger charge is 2.39. The molecule has 4 heterocycles. The van der Waals surface area contributed by atoms with Crippen molar-refractivity contribution < 1.29 is 9.18 Å². The zero-order valence-corrected chi connectivity index (χ0v) is 17.6. The van der Waals surface area contributed by atoms with Crippen molar-refractivity contribution in [1.82, 2.24) is 29.8 Å². The summed E-state index contributed by atoms with van der Waals surface area (Å²) in [6.45, 7) is 1.72. The number of anilines is 3. The number of hydrogen-bond donors (Lipinski definition) is 4. The van der Waals surface area contributed by atoms with Gasteiger partial charge in [-0.15, -0.1) is 0 Å². The van der Waals surface area contributed by atoms with Crippen LogP contribution in [0.3, 0.4) is 0 Å². The smallest absolute Gasteiger partial charge is 0.274 e. The molecule has 1 aliphatic carbocycles. The average molecular weight is 440 g/mol. The molecule has 2 fully saturated rings. The number of aromatic nitrogens is 4. The molecular weight excluding hydrogens is 415 g/mol. The van der Waals surface area contributed by atoms with E-state index in [0.29, 0.717) is 29.4 Å². The molecule has 3 aromatic rings. The minimum atomic E-state index is -1.00. The summed E-state index contributed by atoms with van der Waals surface area (Å²) in [5.74, 6) is 0.547. The number of nitrogens with one attached hydrogen (secondary N) is 4. The Labute approximate surface area is 183 Å². The Hall–Kier alpha value is -3.47. The number of carbonyl (C=O) groups excluding carboxylic acids is 1. The number of piperidine rings is 1. The third-order valence-corrected chi connectivity index (χ3v) is 5.90. The highest BCUT2D eigenvalue weighted by molar-refractivity contribution is 6.00. The quantitative estimate of drug-likeness (QED) is 0.458. The summed E-state index contributed by atoms with van der Waals surface area (Å²) in [5, 5.41) is 16.3. The van der Waals surface area contributed by atoms with Crippen molar-refractivity contribution >= 4 is 28.9 Å². The lowest BCUT2D eigenvalue weighted by molar-refractivity contribution is 0.0949. The largest absolute Gasteiger partial charge is 0.373 e. The molecule has 32 heavy (non-hydrogen) atoms. The molecule has 11 heteroatoms. The van der Waals surface area contributed by atoms with Gasteiger partial charge in [0.05, 0.1) is 12.2 Å². The Morgan fingerprint density at radius 2 is 2.22 bits per heavy atom. The number of nitrogens with zero attached hydrogens (tertiary/aromatic N) is 4. The first-order valence-corrected chi connectivity index (χ1v) is 10.8. The van der Waals surface area contributed by atoms with E-state index in [0.717, 1.165) is 25.9 Å². The number of rotatable bonds is 6. The van der Waals surface area contributed by atoms with Crippen LogP contribution < -0.4 is 26.8 Å². The summed E-state index contributed by atoms with van der Waals surface area (Å²) in [4.78, 5) is 30.2. The summed E-state index contributed by atoms with van der Waals surface area (Å²) in [6.07, 6.45) is 4.50. The Morgan fingerprint density at radius 1 is 1.38 bits per heavy atom. The highest BCUT2D eigenvalue weighted by atomic mass is 19.1. The average Bonchev–Trinajstić information content (AvgIpc) is 3.32. The first kappa shape index (κ1) is 20.4. The van der Waals surface area contributed by atoms with E-state index in [1.807, 2.05) is 6.07 Å². The third kappa shape index (κ3) is 3.79.